The molecular formula is C29H27N3O6S4. The van der Waals surface area contributed by atoms with Crippen LogP contribution in [0, 0.1) is 0 Å². The van der Waals surface area contributed by atoms with Crippen molar-refractivity contribution < 1.29 is 28.5 Å². The van der Waals surface area contributed by atoms with E-state index in [-0.39, 0.29) is 25.3 Å². The van der Waals surface area contributed by atoms with Gasteiger partial charge in [-0.2, -0.15) is 4.98 Å². The van der Waals surface area contributed by atoms with Gasteiger partial charge in [-0.25, -0.2) is 9.59 Å². The van der Waals surface area contributed by atoms with Gasteiger partial charge in [-0.05, 0) is 45.8 Å². The molecule has 0 saturated heterocycles. The van der Waals surface area contributed by atoms with Crippen molar-refractivity contribution in [3.63, 3.8) is 0 Å². The minimum absolute atomic E-state index is 0.201. The van der Waals surface area contributed by atoms with Gasteiger partial charge in [-0.15, -0.1) is 45.3 Å². The molecule has 9 nitrogen and oxygen atoms in total. The van der Waals surface area contributed by atoms with Gasteiger partial charge in [0, 0.05) is 31.6 Å². The lowest BCUT2D eigenvalue weighted by Crippen LogP contribution is -2.31. The first-order valence-electron chi connectivity index (χ1n) is 12.8. The fraction of sp³-hybridized carbons (Fsp3) is 0.207. The maximum Gasteiger partial charge on any atom is 0.413 e. The first-order valence-corrected chi connectivity index (χ1v) is 16.3. The molecule has 5 rings (SSSR count). The lowest BCUT2D eigenvalue weighted by Gasteiger charge is -2.21. The standard InChI is InChI=1S/C29H27N3O6S4/c33-28(31(16-22-6-2-12-39-22)17-23-7-3-13-40-23)37-20-35-26-10-1-11-27(30-26)36-21-38-29(34)32(18-24-8-4-14-41-24)19-25-9-5-15-42-25/h1-15H,16-21H2. The summed E-state index contributed by atoms with van der Waals surface area (Å²) in [6.07, 6.45) is -0.989. The first kappa shape index (κ1) is 29.6. The van der Waals surface area contributed by atoms with Gasteiger partial charge in [0.25, 0.3) is 0 Å². The molecule has 2 amide bonds. The number of aromatic nitrogens is 1. The van der Waals surface area contributed by atoms with Gasteiger partial charge >= 0.3 is 12.2 Å². The molecule has 0 atom stereocenters. The molecule has 5 aromatic rings. The molecule has 0 unspecified atom stereocenters. The highest BCUT2D eigenvalue weighted by atomic mass is 32.1. The third-order valence-electron chi connectivity index (χ3n) is 5.70. The van der Waals surface area contributed by atoms with E-state index >= 15 is 0 Å². The fourth-order valence-electron chi connectivity index (χ4n) is 3.75. The molecule has 0 radical (unpaired) electrons. The third kappa shape index (κ3) is 9.05. The number of ether oxygens (including phenoxy) is 4. The highest BCUT2D eigenvalue weighted by molar-refractivity contribution is 7.10. The summed E-state index contributed by atoms with van der Waals surface area (Å²) >= 11 is 6.32. The molecule has 5 aromatic heterocycles. The Morgan fingerprint density at radius 3 is 1.21 bits per heavy atom. The quantitative estimate of drug-likeness (QED) is 0.115. The van der Waals surface area contributed by atoms with E-state index in [0.29, 0.717) is 26.2 Å². The maximum absolute atomic E-state index is 12.8. The van der Waals surface area contributed by atoms with E-state index in [0.717, 1.165) is 19.5 Å². The van der Waals surface area contributed by atoms with Crippen molar-refractivity contribution in [2.75, 3.05) is 13.6 Å². The van der Waals surface area contributed by atoms with Crippen molar-refractivity contribution in [2.45, 2.75) is 26.2 Å². The molecule has 0 bridgehead atoms. The molecule has 0 aliphatic carbocycles. The van der Waals surface area contributed by atoms with Crippen molar-refractivity contribution in [1.29, 1.82) is 0 Å². The van der Waals surface area contributed by atoms with E-state index in [2.05, 4.69) is 4.98 Å². The van der Waals surface area contributed by atoms with Crippen LogP contribution in [0.15, 0.2) is 88.3 Å². The Hall–Kier alpha value is -3.91. The Labute approximate surface area is 259 Å². The second-order valence-electron chi connectivity index (χ2n) is 8.69. The van der Waals surface area contributed by atoms with Gasteiger partial charge in [-0.3, -0.25) is 9.80 Å². The van der Waals surface area contributed by atoms with Gasteiger partial charge in [0.2, 0.25) is 25.3 Å². The van der Waals surface area contributed by atoms with Crippen LogP contribution in [0.2, 0.25) is 0 Å². The van der Waals surface area contributed by atoms with Crippen LogP contribution in [0.3, 0.4) is 0 Å². The van der Waals surface area contributed by atoms with E-state index in [1.165, 1.54) is 0 Å². The highest BCUT2D eigenvalue weighted by Crippen LogP contribution is 2.20. The first-order chi connectivity index (χ1) is 20.6. The molecule has 0 fully saturated rings. The monoisotopic (exact) mass is 641 g/mol. The summed E-state index contributed by atoms with van der Waals surface area (Å²) in [6, 6.07) is 20.6. The van der Waals surface area contributed by atoms with Crippen molar-refractivity contribution >= 4 is 57.5 Å². The Balaban J connectivity index is 1.09. The molecule has 0 aromatic carbocycles. The van der Waals surface area contributed by atoms with Gasteiger partial charge in [-0.1, -0.05) is 30.3 Å². The molecule has 0 aliphatic heterocycles. The second-order valence-corrected chi connectivity index (χ2v) is 12.8. The fourth-order valence-corrected chi connectivity index (χ4v) is 6.63. The lowest BCUT2D eigenvalue weighted by molar-refractivity contribution is 0.0254. The number of hydrogen-bond donors (Lipinski definition) is 0. The summed E-state index contributed by atoms with van der Waals surface area (Å²) in [5.74, 6) is 0.401. The van der Waals surface area contributed by atoms with E-state index in [4.69, 9.17) is 18.9 Å². The van der Waals surface area contributed by atoms with Crippen molar-refractivity contribution in [1.82, 2.24) is 14.8 Å². The molecular weight excluding hydrogens is 615 g/mol. The summed E-state index contributed by atoms with van der Waals surface area (Å²) in [5, 5.41) is 7.89. The third-order valence-corrected chi connectivity index (χ3v) is 9.14. The molecule has 13 heteroatoms. The highest BCUT2D eigenvalue weighted by Gasteiger charge is 2.19. The van der Waals surface area contributed by atoms with E-state index in [1.54, 1.807) is 73.3 Å². The molecule has 0 aliphatic rings. The van der Waals surface area contributed by atoms with Crippen LogP contribution in [-0.4, -0.2) is 40.6 Å². The van der Waals surface area contributed by atoms with Crippen LogP contribution in [0.5, 0.6) is 11.8 Å². The van der Waals surface area contributed by atoms with E-state index in [1.807, 2.05) is 70.1 Å². The molecule has 0 N–H and O–H groups in total. The summed E-state index contributed by atoms with van der Waals surface area (Å²) in [4.78, 5) is 37.4. The van der Waals surface area contributed by atoms with Crippen molar-refractivity contribution in [3.05, 3.63) is 108 Å². The zero-order valence-corrected chi connectivity index (χ0v) is 25.6. The average Bonchev–Trinajstić information content (AvgIpc) is 3.82. The van der Waals surface area contributed by atoms with Gasteiger partial charge in [0.05, 0.1) is 26.2 Å². The number of thiophene rings is 4. The average molecular weight is 642 g/mol. The predicted octanol–water partition coefficient (Wildman–Crippen LogP) is 7.68. The summed E-state index contributed by atoms with van der Waals surface area (Å²) in [5.41, 5.74) is 0. The largest absolute Gasteiger partial charge is 0.440 e. The minimum Gasteiger partial charge on any atom is -0.440 e. The van der Waals surface area contributed by atoms with E-state index < -0.39 is 12.2 Å². The molecule has 42 heavy (non-hydrogen) atoms. The van der Waals surface area contributed by atoms with Crippen molar-refractivity contribution in [2.24, 2.45) is 0 Å². The molecule has 0 saturated carbocycles. The number of rotatable bonds is 14. The minimum atomic E-state index is -0.495. The van der Waals surface area contributed by atoms with E-state index in [9.17, 15) is 9.59 Å². The summed E-state index contributed by atoms with van der Waals surface area (Å²) in [6.45, 7) is 1.10. The van der Waals surface area contributed by atoms with Crippen LogP contribution < -0.4 is 9.47 Å². The topological polar surface area (TPSA) is 90.4 Å². The zero-order chi connectivity index (χ0) is 29.0. The zero-order valence-electron chi connectivity index (χ0n) is 22.3. The number of carbonyl (C=O) groups is 2. The Morgan fingerprint density at radius 1 is 0.548 bits per heavy atom. The molecule has 218 valence electrons. The Bertz CT molecular complexity index is 1310. The lowest BCUT2D eigenvalue weighted by atomic mass is 10.4. The SMILES string of the molecule is O=C(OCOc1cccc(OCOC(=O)N(Cc2cccs2)Cc2cccs2)n1)N(Cc1cccs1)Cc1cccs1. The molecule has 0 spiro atoms. The summed E-state index contributed by atoms with van der Waals surface area (Å²) < 4.78 is 21.9. The number of amides is 2. The Kier molecular flexibility index (Phi) is 10.8. The predicted molar refractivity (Wildman–Crippen MR) is 164 cm³/mol. The number of hydrogen-bond acceptors (Lipinski definition) is 11. The number of carbonyl (C=O) groups excluding carboxylic acids is 2. The summed E-state index contributed by atoms with van der Waals surface area (Å²) in [7, 11) is 0. The molecule has 5 heterocycles. The maximum atomic E-state index is 12.8. The second kappa shape index (κ2) is 15.4. The van der Waals surface area contributed by atoms with Crippen LogP contribution >= 0.6 is 45.3 Å². The smallest absolute Gasteiger partial charge is 0.413 e. The van der Waals surface area contributed by atoms with Gasteiger partial charge in [0.1, 0.15) is 0 Å². The van der Waals surface area contributed by atoms with Gasteiger partial charge < -0.3 is 18.9 Å². The normalized spacial score (nSPS) is 10.7. The van der Waals surface area contributed by atoms with Crippen molar-refractivity contribution in [3.8, 4) is 11.8 Å². The van der Waals surface area contributed by atoms with Crippen LogP contribution in [0.1, 0.15) is 19.5 Å². The van der Waals surface area contributed by atoms with Crippen LogP contribution in [-0.2, 0) is 35.7 Å². The van der Waals surface area contributed by atoms with Crippen LogP contribution in [0.25, 0.3) is 0 Å². The number of pyridine rings is 1. The number of nitrogens with zero attached hydrogens (tertiary/aromatic N) is 3. The van der Waals surface area contributed by atoms with Gasteiger partial charge in [0.15, 0.2) is 0 Å². The van der Waals surface area contributed by atoms with Crippen LogP contribution in [0.4, 0.5) is 9.59 Å². The Morgan fingerprint density at radius 2 is 0.905 bits per heavy atom.